The van der Waals surface area contributed by atoms with Crippen molar-refractivity contribution >= 4 is 11.6 Å². The number of nitrogens with zero attached hydrogens (tertiary/aromatic N) is 1. The second-order valence-corrected chi connectivity index (χ2v) is 9.37. The van der Waals surface area contributed by atoms with Gasteiger partial charge in [0.25, 0.3) is 0 Å². The Morgan fingerprint density at radius 2 is 1.56 bits per heavy atom. The van der Waals surface area contributed by atoms with Gasteiger partial charge in [0.2, 0.25) is 0 Å². The average molecular weight is 460 g/mol. The zero-order valence-electron chi connectivity index (χ0n) is 18.4. The highest BCUT2D eigenvalue weighted by Gasteiger charge is 2.60. The monoisotopic (exact) mass is 459 g/mol. The molecule has 3 aliphatic rings. The van der Waals surface area contributed by atoms with Crippen molar-refractivity contribution in [2.24, 2.45) is 0 Å². The number of hydrogen-bond donors (Lipinski definition) is 0. The molecule has 0 saturated carbocycles. The maximum atomic E-state index is 6.48. The molecule has 2 aromatic rings. The lowest BCUT2D eigenvalue weighted by molar-refractivity contribution is -0.311. The second kappa shape index (κ2) is 9.39. The molecule has 6 nitrogen and oxygen atoms in total. The molecular formula is C25H30ClNO5. The first-order valence-corrected chi connectivity index (χ1v) is 11.7. The molecule has 0 bridgehead atoms. The van der Waals surface area contributed by atoms with Crippen LogP contribution in [-0.2, 0) is 30.2 Å². The highest BCUT2D eigenvalue weighted by molar-refractivity contribution is 6.18. The molecular weight excluding hydrogens is 430 g/mol. The van der Waals surface area contributed by atoms with E-state index in [4.69, 9.17) is 35.3 Å². The fraction of sp³-hybridized carbons (Fsp3) is 0.520. The smallest absolute Gasteiger partial charge is 0.190 e. The lowest BCUT2D eigenvalue weighted by Gasteiger charge is -2.41. The Bertz CT molecular complexity index is 882. The van der Waals surface area contributed by atoms with E-state index in [1.165, 1.54) is 5.56 Å². The van der Waals surface area contributed by atoms with Gasteiger partial charge in [0, 0.05) is 31.1 Å². The molecule has 3 fully saturated rings. The van der Waals surface area contributed by atoms with Crippen molar-refractivity contribution in [1.29, 1.82) is 0 Å². The van der Waals surface area contributed by atoms with Gasteiger partial charge in [-0.2, -0.15) is 0 Å². The molecule has 6 atom stereocenters. The van der Waals surface area contributed by atoms with E-state index < -0.39 is 18.4 Å². The van der Waals surface area contributed by atoms with Gasteiger partial charge in [-0.25, -0.2) is 0 Å². The minimum atomic E-state index is -0.697. The minimum absolute atomic E-state index is 0.216. The van der Waals surface area contributed by atoms with Crippen LogP contribution in [-0.4, -0.2) is 60.4 Å². The van der Waals surface area contributed by atoms with E-state index in [1.54, 1.807) is 0 Å². The van der Waals surface area contributed by atoms with E-state index in [-0.39, 0.29) is 24.4 Å². The van der Waals surface area contributed by atoms with Crippen molar-refractivity contribution in [3.05, 3.63) is 71.8 Å². The first-order valence-electron chi connectivity index (χ1n) is 11.2. The second-order valence-electron chi connectivity index (χ2n) is 9.00. The third-order valence-corrected chi connectivity index (χ3v) is 6.30. The zero-order valence-corrected chi connectivity index (χ0v) is 19.2. The summed E-state index contributed by atoms with van der Waals surface area (Å²) in [5.41, 5.74) is 2.21. The highest BCUT2D eigenvalue weighted by atomic mass is 35.5. The highest BCUT2D eigenvalue weighted by Crippen LogP contribution is 2.45. The van der Waals surface area contributed by atoms with Crippen LogP contribution in [0.5, 0.6) is 0 Å². The lowest BCUT2D eigenvalue weighted by Crippen LogP contribution is -2.53. The van der Waals surface area contributed by atoms with Crippen LogP contribution in [0.1, 0.15) is 31.3 Å². The van der Waals surface area contributed by atoms with E-state index in [0.717, 1.165) is 18.7 Å². The van der Waals surface area contributed by atoms with Crippen LogP contribution in [0, 0.1) is 0 Å². The summed E-state index contributed by atoms with van der Waals surface area (Å²) in [6, 6.07) is 20.4. The molecule has 7 heteroatoms. The Labute approximate surface area is 194 Å². The van der Waals surface area contributed by atoms with Gasteiger partial charge >= 0.3 is 0 Å². The number of alkyl halides is 1. The summed E-state index contributed by atoms with van der Waals surface area (Å²) in [5, 5.41) is 0. The van der Waals surface area contributed by atoms with Gasteiger partial charge in [-0.05, 0) is 19.4 Å². The summed E-state index contributed by atoms with van der Waals surface area (Å²) in [6.45, 7) is 6.00. The Kier molecular flexibility index (Phi) is 6.54. The van der Waals surface area contributed by atoms with Gasteiger partial charge in [-0.3, -0.25) is 4.90 Å². The maximum Gasteiger partial charge on any atom is 0.190 e. The molecule has 3 heterocycles. The quantitative estimate of drug-likeness (QED) is 0.581. The largest absolute Gasteiger partial charge is 0.341 e. The molecule has 3 saturated heterocycles. The van der Waals surface area contributed by atoms with Crippen molar-refractivity contribution in [1.82, 2.24) is 4.90 Å². The molecule has 0 aromatic heterocycles. The molecule has 3 aliphatic heterocycles. The molecule has 2 aromatic carbocycles. The standard InChI is InChI=1S/C25H30ClNO5/c1-25(2)31-22-21-20(29-24(22)32-25)19(28-23(30-21)18-11-7-4-8-12-18)16-27(14-13-26)15-17-9-5-3-6-10-17/h3-12,19-24H,13-16H2,1-2H3/t19-,20+,21+,22-,23-,24+/m0/s1. The molecule has 0 spiro atoms. The first-order chi connectivity index (χ1) is 15.5. The summed E-state index contributed by atoms with van der Waals surface area (Å²) in [4.78, 5) is 2.31. The van der Waals surface area contributed by atoms with Crippen LogP contribution in [0.4, 0.5) is 0 Å². The maximum absolute atomic E-state index is 6.48. The Morgan fingerprint density at radius 1 is 0.844 bits per heavy atom. The van der Waals surface area contributed by atoms with Gasteiger partial charge in [0.05, 0.1) is 0 Å². The zero-order chi connectivity index (χ0) is 22.1. The summed E-state index contributed by atoms with van der Waals surface area (Å²) in [6.07, 6.45) is -2.02. The first kappa shape index (κ1) is 22.3. The molecule has 32 heavy (non-hydrogen) atoms. The predicted octanol–water partition coefficient (Wildman–Crippen LogP) is 4.09. The van der Waals surface area contributed by atoms with Crippen LogP contribution in [0.3, 0.4) is 0 Å². The van der Waals surface area contributed by atoms with Crippen molar-refractivity contribution < 1.29 is 23.7 Å². The Balaban J connectivity index is 1.38. The number of rotatable bonds is 7. The number of fused-ring (bicyclic) bond motifs is 3. The van der Waals surface area contributed by atoms with Gasteiger partial charge < -0.3 is 23.7 Å². The molecule has 0 amide bonds. The summed E-state index contributed by atoms with van der Waals surface area (Å²) in [5.74, 6) is -0.156. The Hall–Kier alpha value is -1.51. The van der Waals surface area contributed by atoms with E-state index in [9.17, 15) is 0 Å². The summed E-state index contributed by atoms with van der Waals surface area (Å²) >= 11 is 6.15. The van der Waals surface area contributed by atoms with Crippen LogP contribution in [0.15, 0.2) is 60.7 Å². The van der Waals surface area contributed by atoms with Gasteiger partial charge in [0.1, 0.15) is 24.4 Å². The van der Waals surface area contributed by atoms with Gasteiger partial charge in [-0.1, -0.05) is 60.7 Å². The topological polar surface area (TPSA) is 49.4 Å². The van der Waals surface area contributed by atoms with Gasteiger partial charge in [0.15, 0.2) is 18.4 Å². The van der Waals surface area contributed by atoms with E-state index >= 15 is 0 Å². The fourth-order valence-electron chi connectivity index (χ4n) is 4.73. The predicted molar refractivity (Wildman–Crippen MR) is 120 cm³/mol. The van der Waals surface area contributed by atoms with E-state index in [2.05, 4.69) is 29.2 Å². The Morgan fingerprint density at radius 3 is 2.28 bits per heavy atom. The fourth-order valence-corrected chi connectivity index (χ4v) is 4.97. The summed E-state index contributed by atoms with van der Waals surface area (Å²) in [7, 11) is 0. The number of halogens is 1. The number of benzene rings is 2. The number of hydrogen-bond acceptors (Lipinski definition) is 6. The molecule has 0 radical (unpaired) electrons. The molecule has 5 rings (SSSR count). The van der Waals surface area contributed by atoms with E-state index in [1.807, 2.05) is 50.2 Å². The van der Waals surface area contributed by atoms with Crippen molar-refractivity contribution in [3.8, 4) is 0 Å². The molecule has 0 aliphatic carbocycles. The molecule has 0 unspecified atom stereocenters. The number of ether oxygens (including phenoxy) is 5. The normalized spacial score (nSPS) is 33.2. The van der Waals surface area contributed by atoms with Crippen LogP contribution >= 0.6 is 11.6 Å². The average Bonchev–Trinajstić information content (AvgIpc) is 3.27. The van der Waals surface area contributed by atoms with Gasteiger partial charge in [-0.15, -0.1) is 11.6 Å². The molecule has 0 N–H and O–H groups in total. The summed E-state index contributed by atoms with van der Waals surface area (Å²) < 4.78 is 31.3. The van der Waals surface area contributed by atoms with Crippen molar-refractivity contribution in [3.63, 3.8) is 0 Å². The van der Waals surface area contributed by atoms with Crippen molar-refractivity contribution in [2.75, 3.05) is 19.0 Å². The van der Waals surface area contributed by atoms with Crippen LogP contribution in [0.25, 0.3) is 0 Å². The van der Waals surface area contributed by atoms with Crippen molar-refractivity contribution in [2.45, 2.75) is 63.2 Å². The third-order valence-electron chi connectivity index (χ3n) is 6.13. The van der Waals surface area contributed by atoms with Crippen LogP contribution in [0.2, 0.25) is 0 Å². The lowest BCUT2D eigenvalue weighted by atomic mass is 10.0. The molecule has 172 valence electrons. The third kappa shape index (κ3) is 4.73. The van der Waals surface area contributed by atoms with E-state index in [0.29, 0.717) is 12.4 Å². The minimum Gasteiger partial charge on any atom is -0.341 e. The van der Waals surface area contributed by atoms with Crippen LogP contribution < -0.4 is 0 Å². The SMILES string of the molecule is CC1(C)O[C@H]2O[C@H]3[C@@H](O[C@@H](c4ccccc4)O[C@H]3CN(CCCl)Cc3ccccc3)[C@@H]2O1.